The Labute approximate surface area is 156 Å². The van der Waals surface area contributed by atoms with E-state index in [1.807, 2.05) is 18.2 Å². The molecule has 2 atom stereocenters. The van der Waals surface area contributed by atoms with Gasteiger partial charge in [0.25, 0.3) is 0 Å². The largest absolute Gasteiger partial charge is 0.504 e. The summed E-state index contributed by atoms with van der Waals surface area (Å²) in [6.45, 7) is 0.567. The molecule has 7 nitrogen and oxygen atoms in total. The molecule has 2 heterocycles. The molecule has 0 aliphatic carbocycles. The number of methoxy groups -OCH3 is 1. The van der Waals surface area contributed by atoms with E-state index in [1.54, 1.807) is 6.07 Å². The summed E-state index contributed by atoms with van der Waals surface area (Å²) in [5.74, 6) is 0.415. The third kappa shape index (κ3) is 3.32. The van der Waals surface area contributed by atoms with Crippen molar-refractivity contribution in [3.05, 3.63) is 41.5 Å². The summed E-state index contributed by atoms with van der Waals surface area (Å²) in [6.07, 6.45) is 1.05. The molecule has 0 bridgehead atoms. The second-order valence-electron chi connectivity index (χ2n) is 6.76. The Morgan fingerprint density at radius 1 is 1.04 bits per heavy atom. The molecule has 4 rings (SSSR count). The molecule has 2 aliphatic heterocycles. The van der Waals surface area contributed by atoms with Crippen molar-refractivity contribution in [3.63, 3.8) is 0 Å². The number of rotatable bonds is 5. The molecule has 0 radical (unpaired) electrons. The van der Waals surface area contributed by atoms with Gasteiger partial charge in [0.05, 0.1) is 19.6 Å². The number of hydrogen-bond acceptors (Lipinski definition) is 7. The highest BCUT2D eigenvalue weighted by molar-refractivity contribution is 5.75. The first-order valence-electron chi connectivity index (χ1n) is 8.69. The monoisotopic (exact) mass is 372 g/mol. The SMILES string of the molecule is COc1cc(C[C@@H]2C(=O)OC[C@H]2Cc2ccc3c(c2)OCO3)cc(O)c1O. The van der Waals surface area contributed by atoms with E-state index in [2.05, 4.69) is 0 Å². The third-order valence-electron chi connectivity index (χ3n) is 5.04. The summed E-state index contributed by atoms with van der Waals surface area (Å²) in [7, 11) is 1.41. The van der Waals surface area contributed by atoms with Crippen molar-refractivity contribution in [3.8, 4) is 28.7 Å². The summed E-state index contributed by atoms with van der Waals surface area (Å²) >= 11 is 0. The van der Waals surface area contributed by atoms with E-state index in [1.165, 1.54) is 13.2 Å². The minimum atomic E-state index is -0.343. The van der Waals surface area contributed by atoms with Crippen LogP contribution in [0.15, 0.2) is 30.3 Å². The number of esters is 1. The molecule has 27 heavy (non-hydrogen) atoms. The molecule has 0 amide bonds. The van der Waals surface area contributed by atoms with E-state index in [-0.39, 0.29) is 41.8 Å². The minimum Gasteiger partial charge on any atom is -0.504 e. The fourth-order valence-electron chi connectivity index (χ4n) is 3.60. The van der Waals surface area contributed by atoms with Gasteiger partial charge in [0.1, 0.15) is 0 Å². The molecule has 0 spiro atoms. The Balaban J connectivity index is 1.53. The molecule has 2 aromatic carbocycles. The smallest absolute Gasteiger partial charge is 0.309 e. The summed E-state index contributed by atoms with van der Waals surface area (Å²) < 4.78 is 21.1. The Bertz CT molecular complexity index is 877. The average molecular weight is 372 g/mol. The van der Waals surface area contributed by atoms with Gasteiger partial charge in [0.15, 0.2) is 23.0 Å². The van der Waals surface area contributed by atoms with Gasteiger partial charge in [0, 0.05) is 5.92 Å². The molecular formula is C20H20O7. The molecule has 142 valence electrons. The Hall–Kier alpha value is -3.09. The number of phenolic OH excluding ortho intramolecular Hbond substituents is 2. The van der Waals surface area contributed by atoms with Gasteiger partial charge in [-0.1, -0.05) is 6.07 Å². The molecular weight excluding hydrogens is 352 g/mol. The van der Waals surface area contributed by atoms with E-state index in [0.29, 0.717) is 30.8 Å². The molecule has 2 N–H and O–H groups in total. The van der Waals surface area contributed by atoms with Crippen LogP contribution in [0.1, 0.15) is 11.1 Å². The number of benzene rings is 2. The van der Waals surface area contributed by atoms with Crippen LogP contribution in [0.3, 0.4) is 0 Å². The van der Waals surface area contributed by atoms with Crippen molar-refractivity contribution in [2.24, 2.45) is 11.8 Å². The first kappa shape index (κ1) is 17.3. The van der Waals surface area contributed by atoms with E-state index in [9.17, 15) is 15.0 Å². The van der Waals surface area contributed by atoms with Crippen LogP contribution in [-0.2, 0) is 22.4 Å². The molecule has 2 aromatic rings. The fraction of sp³-hybridized carbons (Fsp3) is 0.350. The number of cyclic esters (lactones) is 1. The minimum absolute atomic E-state index is 0.000174. The maximum Gasteiger partial charge on any atom is 0.309 e. The van der Waals surface area contributed by atoms with Crippen molar-refractivity contribution < 1.29 is 34.0 Å². The lowest BCUT2D eigenvalue weighted by Gasteiger charge is -2.16. The van der Waals surface area contributed by atoms with Gasteiger partial charge >= 0.3 is 5.97 Å². The van der Waals surface area contributed by atoms with Gasteiger partial charge in [-0.3, -0.25) is 4.79 Å². The van der Waals surface area contributed by atoms with Crippen molar-refractivity contribution in [1.29, 1.82) is 0 Å². The van der Waals surface area contributed by atoms with Crippen LogP contribution in [0.25, 0.3) is 0 Å². The normalized spacial score (nSPS) is 20.6. The van der Waals surface area contributed by atoms with Crippen LogP contribution in [0.2, 0.25) is 0 Å². The molecule has 2 aliphatic rings. The van der Waals surface area contributed by atoms with E-state index in [4.69, 9.17) is 18.9 Å². The number of fused-ring (bicyclic) bond motifs is 1. The molecule has 0 unspecified atom stereocenters. The lowest BCUT2D eigenvalue weighted by molar-refractivity contribution is -0.141. The van der Waals surface area contributed by atoms with Crippen LogP contribution in [0, 0.1) is 11.8 Å². The first-order valence-corrected chi connectivity index (χ1v) is 8.69. The van der Waals surface area contributed by atoms with Gasteiger partial charge in [-0.15, -0.1) is 0 Å². The maximum atomic E-state index is 12.3. The Morgan fingerprint density at radius 3 is 2.67 bits per heavy atom. The number of phenols is 2. The van der Waals surface area contributed by atoms with Crippen LogP contribution in [0.4, 0.5) is 0 Å². The highest BCUT2D eigenvalue weighted by Crippen LogP contribution is 2.39. The maximum absolute atomic E-state index is 12.3. The molecule has 1 fully saturated rings. The number of aromatic hydroxyl groups is 2. The molecule has 7 heteroatoms. The predicted octanol–water partition coefficient (Wildman–Crippen LogP) is 2.41. The average Bonchev–Trinajstić information content (AvgIpc) is 3.25. The van der Waals surface area contributed by atoms with E-state index >= 15 is 0 Å². The van der Waals surface area contributed by atoms with Gasteiger partial charge < -0.3 is 29.2 Å². The van der Waals surface area contributed by atoms with Crippen molar-refractivity contribution in [1.82, 2.24) is 0 Å². The van der Waals surface area contributed by atoms with Crippen molar-refractivity contribution >= 4 is 5.97 Å². The number of hydrogen-bond donors (Lipinski definition) is 2. The van der Waals surface area contributed by atoms with E-state index < -0.39 is 0 Å². The lowest BCUT2D eigenvalue weighted by Crippen LogP contribution is -2.20. The Morgan fingerprint density at radius 2 is 1.85 bits per heavy atom. The number of ether oxygens (including phenoxy) is 4. The van der Waals surface area contributed by atoms with Crippen LogP contribution >= 0.6 is 0 Å². The Kier molecular flexibility index (Phi) is 4.43. The quantitative estimate of drug-likeness (QED) is 0.615. The summed E-state index contributed by atoms with van der Waals surface area (Å²) in [4.78, 5) is 12.3. The molecule has 1 saturated heterocycles. The van der Waals surface area contributed by atoms with Gasteiger partial charge in [-0.2, -0.15) is 0 Å². The van der Waals surface area contributed by atoms with Crippen LogP contribution in [0.5, 0.6) is 28.7 Å². The molecule has 0 saturated carbocycles. The first-order chi connectivity index (χ1) is 13.0. The summed E-state index contributed by atoms with van der Waals surface area (Å²) in [5, 5.41) is 19.6. The lowest BCUT2D eigenvalue weighted by atomic mass is 9.85. The third-order valence-corrected chi connectivity index (χ3v) is 5.04. The summed E-state index contributed by atoms with van der Waals surface area (Å²) in [6, 6.07) is 8.83. The van der Waals surface area contributed by atoms with E-state index in [0.717, 1.165) is 11.3 Å². The second kappa shape index (κ2) is 6.90. The standard InChI is InChI=1S/C20H20O7/c1-24-18-8-12(6-15(21)19(18)22)5-14-13(9-25-20(14)23)4-11-2-3-16-17(7-11)27-10-26-16/h2-3,6-8,13-14,21-22H,4-5,9-10H2,1H3/t13-,14+/m1/s1. The topological polar surface area (TPSA) is 94.5 Å². The molecule has 0 aromatic heterocycles. The zero-order chi connectivity index (χ0) is 19.0. The van der Waals surface area contributed by atoms with Gasteiger partial charge in [-0.25, -0.2) is 0 Å². The zero-order valence-electron chi connectivity index (χ0n) is 14.8. The number of carbonyl (C=O) groups excluding carboxylic acids is 1. The predicted molar refractivity (Wildman–Crippen MR) is 94.2 cm³/mol. The fourth-order valence-corrected chi connectivity index (χ4v) is 3.60. The van der Waals surface area contributed by atoms with Crippen molar-refractivity contribution in [2.75, 3.05) is 20.5 Å². The van der Waals surface area contributed by atoms with Gasteiger partial charge in [-0.05, 0) is 48.2 Å². The highest BCUT2D eigenvalue weighted by atomic mass is 16.7. The summed E-state index contributed by atoms with van der Waals surface area (Å²) in [5.41, 5.74) is 1.74. The van der Waals surface area contributed by atoms with Gasteiger partial charge in [0.2, 0.25) is 12.5 Å². The van der Waals surface area contributed by atoms with Crippen molar-refractivity contribution in [2.45, 2.75) is 12.8 Å². The number of carbonyl (C=O) groups is 1. The van der Waals surface area contributed by atoms with Crippen LogP contribution < -0.4 is 14.2 Å². The zero-order valence-corrected chi connectivity index (χ0v) is 14.8. The second-order valence-corrected chi connectivity index (χ2v) is 6.76. The highest BCUT2D eigenvalue weighted by Gasteiger charge is 2.37. The van der Waals surface area contributed by atoms with Crippen LogP contribution in [-0.4, -0.2) is 36.7 Å².